The zero-order chi connectivity index (χ0) is 18.5. The van der Waals surface area contributed by atoms with Crippen molar-refractivity contribution < 1.29 is 14.8 Å². The van der Waals surface area contributed by atoms with Crippen molar-refractivity contribution in [1.29, 1.82) is 0 Å². The van der Waals surface area contributed by atoms with Crippen LogP contribution in [0.4, 0.5) is 0 Å². The number of H-pyrrole nitrogens is 1. The van der Waals surface area contributed by atoms with E-state index < -0.39 is 0 Å². The minimum absolute atomic E-state index is 0.181. The van der Waals surface area contributed by atoms with Gasteiger partial charge in [0.2, 0.25) is 11.8 Å². The summed E-state index contributed by atoms with van der Waals surface area (Å²) in [4.78, 5) is 28.8. The third-order valence-corrected chi connectivity index (χ3v) is 5.19. The zero-order valence-electron chi connectivity index (χ0n) is 14.7. The second-order valence-electron chi connectivity index (χ2n) is 6.79. The van der Waals surface area contributed by atoms with Gasteiger partial charge in [-0.15, -0.1) is 0 Å². The van der Waals surface area contributed by atoms with Gasteiger partial charge in [-0.1, -0.05) is 24.4 Å². The molecule has 0 spiro atoms. The molecule has 0 saturated heterocycles. The number of hydrogen-bond donors (Lipinski definition) is 3. The molecular weight excluding hydrogens is 354 g/mol. The highest BCUT2D eigenvalue weighted by molar-refractivity contribution is 6.31. The van der Waals surface area contributed by atoms with E-state index in [9.17, 15) is 9.59 Å². The van der Waals surface area contributed by atoms with Gasteiger partial charge in [0.1, 0.15) is 0 Å². The SMILES string of the molecule is O=C(CCCCCCC(=O)N1CCc2[nH]c3ccc(Cl)cc3c2C1)NO. The highest BCUT2D eigenvalue weighted by atomic mass is 35.5. The van der Waals surface area contributed by atoms with E-state index in [1.54, 1.807) is 5.48 Å². The van der Waals surface area contributed by atoms with Crippen molar-refractivity contribution in [3.8, 4) is 0 Å². The van der Waals surface area contributed by atoms with Gasteiger partial charge in [0.15, 0.2) is 0 Å². The third-order valence-electron chi connectivity index (χ3n) is 4.96. The van der Waals surface area contributed by atoms with Crippen molar-refractivity contribution in [2.45, 2.75) is 51.5 Å². The Bertz CT molecular complexity index is 803. The van der Waals surface area contributed by atoms with Gasteiger partial charge >= 0.3 is 0 Å². The number of carbonyl (C=O) groups excluding carboxylic acids is 2. The number of benzene rings is 1. The molecule has 0 radical (unpaired) electrons. The smallest absolute Gasteiger partial charge is 0.243 e. The lowest BCUT2D eigenvalue weighted by Crippen LogP contribution is -2.35. The van der Waals surface area contributed by atoms with Crippen molar-refractivity contribution in [3.05, 3.63) is 34.5 Å². The van der Waals surface area contributed by atoms with Crippen LogP contribution in [0.2, 0.25) is 5.02 Å². The lowest BCUT2D eigenvalue weighted by molar-refractivity contribution is -0.132. The van der Waals surface area contributed by atoms with Crippen LogP contribution in [0.25, 0.3) is 10.9 Å². The van der Waals surface area contributed by atoms with Gasteiger partial charge in [-0.3, -0.25) is 14.8 Å². The normalized spacial score (nSPS) is 13.7. The fourth-order valence-corrected chi connectivity index (χ4v) is 3.70. The van der Waals surface area contributed by atoms with Gasteiger partial charge in [0.05, 0.1) is 0 Å². The Morgan fingerprint density at radius 3 is 2.73 bits per heavy atom. The molecule has 26 heavy (non-hydrogen) atoms. The largest absolute Gasteiger partial charge is 0.358 e. The summed E-state index contributed by atoms with van der Waals surface area (Å²) < 4.78 is 0. The number of nitrogens with one attached hydrogen (secondary N) is 2. The Hall–Kier alpha value is -2.05. The van der Waals surface area contributed by atoms with Gasteiger partial charge in [0.25, 0.3) is 0 Å². The van der Waals surface area contributed by atoms with E-state index in [1.165, 1.54) is 11.3 Å². The summed E-state index contributed by atoms with van der Waals surface area (Å²) in [6, 6.07) is 5.82. The molecule has 1 aromatic carbocycles. The number of aromatic nitrogens is 1. The maximum absolute atomic E-state index is 12.5. The third kappa shape index (κ3) is 4.37. The maximum atomic E-state index is 12.5. The first-order valence-electron chi connectivity index (χ1n) is 9.08. The molecule has 1 aromatic heterocycles. The first-order chi connectivity index (χ1) is 12.6. The number of carbonyl (C=O) groups is 2. The van der Waals surface area contributed by atoms with E-state index in [0.29, 0.717) is 24.4 Å². The first kappa shape index (κ1) is 18.7. The Kier molecular flexibility index (Phi) is 6.16. The van der Waals surface area contributed by atoms with E-state index in [2.05, 4.69) is 4.98 Å². The number of nitrogens with zero attached hydrogens (tertiary/aromatic N) is 1. The molecular formula is C19H24ClN3O3. The minimum atomic E-state index is -0.357. The maximum Gasteiger partial charge on any atom is 0.243 e. The van der Waals surface area contributed by atoms with E-state index in [-0.39, 0.29) is 11.8 Å². The van der Waals surface area contributed by atoms with E-state index in [4.69, 9.17) is 16.8 Å². The molecule has 7 heteroatoms. The number of hydrogen-bond acceptors (Lipinski definition) is 3. The number of amides is 2. The molecule has 0 unspecified atom stereocenters. The number of fused-ring (bicyclic) bond motifs is 3. The molecule has 0 bridgehead atoms. The van der Waals surface area contributed by atoms with Gasteiger partial charge in [-0.25, -0.2) is 5.48 Å². The Morgan fingerprint density at radius 2 is 1.96 bits per heavy atom. The summed E-state index contributed by atoms with van der Waals surface area (Å²) in [6.45, 7) is 1.37. The predicted molar refractivity (Wildman–Crippen MR) is 100 cm³/mol. The zero-order valence-corrected chi connectivity index (χ0v) is 15.4. The van der Waals surface area contributed by atoms with E-state index in [0.717, 1.165) is 49.6 Å². The Balaban J connectivity index is 1.49. The summed E-state index contributed by atoms with van der Waals surface area (Å²) in [5.74, 6) is -0.177. The number of halogens is 1. The van der Waals surface area contributed by atoms with Crippen LogP contribution in [0.15, 0.2) is 18.2 Å². The summed E-state index contributed by atoms with van der Waals surface area (Å²) in [7, 11) is 0. The highest BCUT2D eigenvalue weighted by Crippen LogP contribution is 2.30. The lowest BCUT2D eigenvalue weighted by atomic mass is 10.0. The van der Waals surface area contributed by atoms with Crippen molar-refractivity contribution in [3.63, 3.8) is 0 Å². The van der Waals surface area contributed by atoms with E-state index >= 15 is 0 Å². The molecule has 2 amide bonds. The van der Waals surface area contributed by atoms with Crippen LogP contribution in [-0.4, -0.2) is 33.5 Å². The van der Waals surface area contributed by atoms with Gasteiger partial charge < -0.3 is 9.88 Å². The molecule has 3 N–H and O–H groups in total. The molecule has 0 saturated carbocycles. The summed E-state index contributed by atoms with van der Waals surface area (Å²) >= 11 is 6.12. The second kappa shape index (κ2) is 8.56. The van der Waals surface area contributed by atoms with Crippen LogP contribution in [0.5, 0.6) is 0 Å². The van der Waals surface area contributed by atoms with Crippen LogP contribution in [0.3, 0.4) is 0 Å². The van der Waals surface area contributed by atoms with Gasteiger partial charge in [-0.2, -0.15) is 0 Å². The van der Waals surface area contributed by atoms with Crippen molar-refractivity contribution in [2.24, 2.45) is 0 Å². The molecule has 1 aliphatic rings. The quantitative estimate of drug-likeness (QED) is 0.392. The van der Waals surface area contributed by atoms with Crippen molar-refractivity contribution in [2.75, 3.05) is 6.54 Å². The Morgan fingerprint density at radius 1 is 1.19 bits per heavy atom. The number of unbranched alkanes of at least 4 members (excludes halogenated alkanes) is 3. The number of aromatic amines is 1. The number of rotatable bonds is 7. The van der Waals surface area contributed by atoms with Crippen LogP contribution >= 0.6 is 11.6 Å². The first-order valence-corrected chi connectivity index (χ1v) is 9.46. The van der Waals surface area contributed by atoms with Gasteiger partial charge in [-0.05, 0) is 31.0 Å². The standard InChI is InChI=1S/C19H24ClN3O3/c20-13-7-8-16-14(11-13)15-12-23(10-9-17(15)21-16)19(25)6-4-2-1-3-5-18(24)22-26/h7-8,11,21,26H,1-6,9-10,12H2,(H,22,24). The fourth-order valence-electron chi connectivity index (χ4n) is 3.53. The van der Waals surface area contributed by atoms with Crippen LogP contribution < -0.4 is 5.48 Å². The summed E-state index contributed by atoms with van der Waals surface area (Å²) in [5.41, 5.74) is 5.08. The average Bonchev–Trinajstić information content (AvgIpc) is 3.01. The molecule has 6 nitrogen and oxygen atoms in total. The van der Waals surface area contributed by atoms with Crippen molar-refractivity contribution >= 4 is 34.3 Å². The van der Waals surface area contributed by atoms with Crippen LogP contribution in [-0.2, 0) is 22.6 Å². The van der Waals surface area contributed by atoms with Crippen LogP contribution in [0.1, 0.15) is 49.8 Å². The van der Waals surface area contributed by atoms with E-state index in [1.807, 2.05) is 23.1 Å². The van der Waals surface area contributed by atoms with Crippen molar-refractivity contribution in [1.82, 2.24) is 15.4 Å². The molecule has 2 heterocycles. The lowest BCUT2D eigenvalue weighted by Gasteiger charge is -2.27. The minimum Gasteiger partial charge on any atom is -0.358 e. The highest BCUT2D eigenvalue weighted by Gasteiger charge is 2.23. The van der Waals surface area contributed by atoms with Gasteiger partial charge in [0, 0.05) is 59.5 Å². The predicted octanol–water partition coefficient (Wildman–Crippen LogP) is 3.55. The monoisotopic (exact) mass is 377 g/mol. The molecule has 1 aliphatic heterocycles. The fraction of sp³-hybridized carbons (Fsp3) is 0.474. The molecule has 0 atom stereocenters. The van der Waals surface area contributed by atoms with Crippen LogP contribution in [0, 0.1) is 0 Å². The summed E-state index contributed by atoms with van der Waals surface area (Å²) in [6.07, 6.45) is 5.03. The topological polar surface area (TPSA) is 85.4 Å². The number of hydroxylamine groups is 1. The molecule has 2 aromatic rings. The Labute approximate surface area is 157 Å². The molecule has 0 fully saturated rings. The molecule has 140 valence electrons. The average molecular weight is 378 g/mol. The molecule has 3 rings (SSSR count). The molecule has 0 aliphatic carbocycles. The summed E-state index contributed by atoms with van der Waals surface area (Å²) in [5, 5.41) is 10.2. The second-order valence-corrected chi connectivity index (χ2v) is 7.22.